The number of rotatable bonds is 2. The summed E-state index contributed by atoms with van der Waals surface area (Å²) in [5, 5.41) is 9.35. The van der Waals surface area contributed by atoms with Gasteiger partial charge in [0.15, 0.2) is 0 Å². The van der Waals surface area contributed by atoms with Gasteiger partial charge in [-0.15, -0.1) is 0 Å². The second kappa shape index (κ2) is 4.23. The number of aromatic nitrogens is 2. The molecule has 0 aliphatic heterocycles. The molecule has 2 atom stereocenters. The Morgan fingerprint density at radius 2 is 2.08 bits per heavy atom. The van der Waals surface area contributed by atoms with Crippen molar-refractivity contribution in [2.24, 2.45) is 0 Å². The summed E-state index contributed by atoms with van der Waals surface area (Å²) in [6.07, 6.45) is 1.42. The van der Waals surface area contributed by atoms with Crippen molar-refractivity contribution in [3.8, 4) is 0 Å². The monoisotopic (exact) mass is 392 g/mol. The highest BCUT2D eigenvalue weighted by Gasteiger charge is 2.14. The highest BCUT2D eigenvalue weighted by molar-refractivity contribution is 14.1. The third-order valence-corrected chi connectivity index (χ3v) is 4.72. The van der Waals surface area contributed by atoms with Crippen molar-refractivity contribution in [1.82, 2.24) is 9.55 Å². The molecule has 0 fully saturated rings. The summed E-state index contributed by atoms with van der Waals surface area (Å²) < 4.78 is 4.05. The van der Waals surface area contributed by atoms with Crippen molar-refractivity contribution < 1.29 is 5.11 Å². The number of halogens is 2. The minimum Gasteiger partial charge on any atom is -0.391 e. The molecule has 2 unspecified atom stereocenters. The van der Waals surface area contributed by atoms with Crippen LogP contribution in [0.15, 0.2) is 6.33 Å². The Morgan fingerprint density at radius 1 is 1.50 bits per heavy atom. The van der Waals surface area contributed by atoms with Gasteiger partial charge in [0.1, 0.15) is 7.40 Å². The van der Waals surface area contributed by atoms with Gasteiger partial charge < -0.3 is 9.67 Å². The second-order valence-electron chi connectivity index (χ2n) is 2.71. The summed E-state index contributed by atoms with van der Waals surface area (Å²) >= 11 is 4.41. The lowest BCUT2D eigenvalue weighted by molar-refractivity contribution is 0.138. The fourth-order valence-corrected chi connectivity index (χ4v) is 1.95. The zero-order valence-corrected chi connectivity index (χ0v) is 11.1. The highest BCUT2D eigenvalue weighted by atomic mass is 127. The van der Waals surface area contributed by atoms with E-state index in [2.05, 4.69) is 50.2 Å². The fraction of sp³-hybridized carbons (Fsp3) is 0.571. The van der Waals surface area contributed by atoms with Gasteiger partial charge in [-0.25, -0.2) is 4.98 Å². The lowest BCUT2D eigenvalue weighted by atomic mass is 10.2. The van der Waals surface area contributed by atoms with E-state index >= 15 is 0 Å². The van der Waals surface area contributed by atoms with Crippen LogP contribution < -0.4 is 0 Å². The van der Waals surface area contributed by atoms with E-state index in [4.69, 9.17) is 0 Å². The van der Waals surface area contributed by atoms with Gasteiger partial charge in [-0.2, -0.15) is 0 Å². The van der Waals surface area contributed by atoms with Gasteiger partial charge in [-0.3, -0.25) is 0 Å². The molecule has 0 amide bonds. The van der Waals surface area contributed by atoms with E-state index in [0.717, 1.165) is 7.40 Å². The third kappa shape index (κ3) is 2.11. The maximum atomic E-state index is 9.35. The van der Waals surface area contributed by atoms with E-state index in [0.29, 0.717) is 0 Å². The average molecular weight is 392 g/mol. The van der Waals surface area contributed by atoms with E-state index in [1.54, 1.807) is 13.3 Å². The number of imidazole rings is 1. The van der Waals surface area contributed by atoms with Gasteiger partial charge >= 0.3 is 0 Å². The molecule has 0 aliphatic rings. The summed E-state index contributed by atoms with van der Waals surface area (Å²) in [6, 6.07) is 0.0907. The molecule has 0 aromatic carbocycles. The molecular formula is C7H10I2N2O. The number of aliphatic hydroxyl groups excluding tert-OH is 1. The highest BCUT2D eigenvalue weighted by Crippen LogP contribution is 2.19. The molecule has 1 rings (SSSR count). The number of nitrogens with zero attached hydrogens (tertiary/aromatic N) is 2. The molecule has 3 nitrogen and oxygen atoms in total. The van der Waals surface area contributed by atoms with Crippen LogP contribution >= 0.6 is 45.2 Å². The van der Waals surface area contributed by atoms with Gasteiger partial charge in [-0.05, 0) is 59.0 Å². The van der Waals surface area contributed by atoms with Crippen molar-refractivity contribution in [2.75, 3.05) is 0 Å². The average Bonchev–Trinajstić information content (AvgIpc) is 2.32. The molecule has 0 aliphatic carbocycles. The predicted molar refractivity (Wildman–Crippen MR) is 64.1 cm³/mol. The Hall–Kier alpha value is 0.630. The zero-order valence-electron chi connectivity index (χ0n) is 6.83. The molecule has 0 bridgehead atoms. The SMILES string of the molecule is CC(O)C(C)n1cnc(I)c1I. The zero-order chi connectivity index (χ0) is 9.30. The van der Waals surface area contributed by atoms with Crippen molar-refractivity contribution in [3.63, 3.8) is 0 Å². The van der Waals surface area contributed by atoms with Gasteiger partial charge in [0.25, 0.3) is 0 Å². The summed E-state index contributed by atoms with van der Waals surface area (Å²) in [4.78, 5) is 4.15. The maximum Gasteiger partial charge on any atom is 0.132 e. The topological polar surface area (TPSA) is 38.0 Å². The predicted octanol–water partition coefficient (Wildman–Crippen LogP) is 2.03. The lowest BCUT2D eigenvalue weighted by Gasteiger charge is -2.16. The first kappa shape index (κ1) is 10.7. The van der Waals surface area contributed by atoms with Crippen LogP contribution in [0.1, 0.15) is 19.9 Å². The maximum absolute atomic E-state index is 9.35. The van der Waals surface area contributed by atoms with E-state index in [9.17, 15) is 5.11 Å². The summed E-state index contributed by atoms with van der Waals surface area (Å²) in [6.45, 7) is 3.76. The van der Waals surface area contributed by atoms with E-state index in [1.807, 2.05) is 11.5 Å². The molecule has 5 heteroatoms. The smallest absolute Gasteiger partial charge is 0.132 e. The van der Waals surface area contributed by atoms with Crippen LogP contribution in [0, 0.1) is 7.40 Å². The molecule has 1 heterocycles. The van der Waals surface area contributed by atoms with Crippen molar-refractivity contribution >= 4 is 45.2 Å². The summed E-state index contributed by atoms with van der Waals surface area (Å²) in [5.74, 6) is 0. The van der Waals surface area contributed by atoms with Crippen LogP contribution in [0.25, 0.3) is 0 Å². The van der Waals surface area contributed by atoms with E-state index in [-0.39, 0.29) is 12.1 Å². The minimum atomic E-state index is -0.344. The summed E-state index contributed by atoms with van der Waals surface area (Å²) in [5.41, 5.74) is 0. The second-order valence-corrected chi connectivity index (χ2v) is 4.76. The summed E-state index contributed by atoms with van der Waals surface area (Å²) in [7, 11) is 0. The molecule has 1 N–H and O–H groups in total. The van der Waals surface area contributed by atoms with Crippen LogP contribution in [0.5, 0.6) is 0 Å². The lowest BCUT2D eigenvalue weighted by Crippen LogP contribution is -2.18. The third-order valence-electron chi connectivity index (χ3n) is 1.83. The normalized spacial score (nSPS) is 16.1. The molecule has 12 heavy (non-hydrogen) atoms. The molecule has 0 saturated heterocycles. The van der Waals surface area contributed by atoms with Crippen molar-refractivity contribution in [1.29, 1.82) is 0 Å². The Balaban J connectivity index is 2.95. The van der Waals surface area contributed by atoms with E-state index < -0.39 is 0 Å². The van der Waals surface area contributed by atoms with E-state index in [1.165, 1.54) is 0 Å². The van der Waals surface area contributed by atoms with Crippen molar-refractivity contribution in [2.45, 2.75) is 26.0 Å². The van der Waals surface area contributed by atoms with Gasteiger partial charge in [0.2, 0.25) is 0 Å². The molecule has 1 aromatic rings. The quantitative estimate of drug-likeness (QED) is 0.783. The van der Waals surface area contributed by atoms with Gasteiger partial charge in [0.05, 0.1) is 18.5 Å². The Kier molecular flexibility index (Phi) is 3.77. The first-order chi connectivity index (χ1) is 5.54. The number of aliphatic hydroxyl groups is 1. The largest absolute Gasteiger partial charge is 0.391 e. The van der Waals surface area contributed by atoms with Crippen LogP contribution in [0.4, 0.5) is 0 Å². The first-order valence-corrected chi connectivity index (χ1v) is 5.75. The number of hydrogen-bond acceptors (Lipinski definition) is 2. The fourth-order valence-electron chi connectivity index (χ4n) is 0.840. The molecule has 1 aromatic heterocycles. The van der Waals surface area contributed by atoms with Crippen LogP contribution in [-0.4, -0.2) is 20.8 Å². The van der Waals surface area contributed by atoms with Crippen molar-refractivity contribution in [3.05, 3.63) is 13.7 Å². The Labute approximate surface area is 98.8 Å². The van der Waals surface area contributed by atoms with Gasteiger partial charge in [-0.1, -0.05) is 0 Å². The molecule has 0 saturated carbocycles. The standard InChI is InChI=1S/C7H10I2N2O/c1-4(5(2)12)11-3-10-6(8)7(11)9/h3-5,12H,1-2H3. The molecule has 0 radical (unpaired) electrons. The van der Waals surface area contributed by atoms with Crippen LogP contribution in [0.3, 0.4) is 0 Å². The first-order valence-electron chi connectivity index (χ1n) is 3.60. The molecular weight excluding hydrogens is 382 g/mol. The molecule has 68 valence electrons. The number of hydrogen-bond donors (Lipinski definition) is 1. The van der Waals surface area contributed by atoms with Gasteiger partial charge in [0, 0.05) is 0 Å². The van der Waals surface area contributed by atoms with Crippen LogP contribution in [-0.2, 0) is 0 Å². The Bertz CT molecular complexity index is 272. The molecule has 0 spiro atoms. The minimum absolute atomic E-state index is 0.0907. The van der Waals surface area contributed by atoms with Crippen LogP contribution in [0.2, 0.25) is 0 Å². The Morgan fingerprint density at radius 3 is 2.42 bits per heavy atom.